The van der Waals surface area contributed by atoms with Gasteiger partial charge in [-0.25, -0.2) is 9.78 Å². The highest BCUT2D eigenvalue weighted by Crippen LogP contribution is 2.18. The molecule has 0 aromatic carbocycles. The number of hydrogen-bond acceptors (Lipinski definition) is 3. The summed E-state index contributed by atoms with van der Waals surface area (Å²) < 4.78 is 0. The number of pyridine rings is 1. The van der Waals surface area contributed by atoms with Crippen LogP contribution in [-0.4, -0.2) is 22.1 Å². The van der Waals surface area contributed by atoms with Crippen molar-refractivity contribution in [2.45, 2.75) is 40.3 Å². The minimum Gasteiger partial charge on any atom is -0.477 e. The summed E-state index contributed by atoms with van der Waals surface area (Å²) in [5.74, 6) is -0.990. The predicted octanol–water partition coefficient (Wildman–Crippen LogP) is 2.30. The number of carboxylic acids is 1. The standard InChI is InChI=1S/C13H20N2O2/c1-9(13(2,3)4)14-8-10-6-5-7-11(15-10)12(16)17/h5-7,9,14H,8H2,1-4H3,(H,16,17). The van der Waals surface area contributed by atoms with E-state index in [1.165, 1.54) is 6.07 Å². The van der Waals surface area contributed by atoms with Gasteiger partial charge in [-0.2, -0.15) is 0 Å². The number of carbonyl (C=O) groups is 1. The lowest BCUT2D eigenvalue weighted by Crippen LogP contribution is -2.37. The molecule has 94 valence electrons. The first kappa shape index (κ1) is 13.6. The zero-order valence-corrected chi connectivity index (χ0v) is 10.8. The molecule has 1 heterocycles. The normalized spacial score (nSPS) is 13.4. The molecule has 0 aliphatic rings. The van der Waals surface area contributed by atoms with Crippen molar-refractivity contribution in [3.8, 4) is 0 Å². The average molecular weight is 236 g/mol. The van der Waals surface area contributed by atoms with Crippen LogP contribution >= 0.6 is 0 Å². The van der Waals surface area contributed by atoms with E-state index in [-0.39, 0.29) is 11.1 Å². The Kier molecular flexibility index (Phi) is 4.23. The van der Waals surface area contributed by atoms with Crippen molar-refractivity contribution in [1.82, 2.24) is 10.3 Å². The number of nitrogens with one attached hydrogen (secondary N) is 1. The zero-order chi connectivity index (χ0) is 13.1. The third-order valence-electron chi connectivity index (χ3n) is 2.91. The van der Waals surface area contributed by atoms with Gasteiger partial charge >= 0.3 is 5.97 Å². The van der Waals surface area contributed by atoms with Crippen molar-refractivity contribution in [2.24, 2.45) is 5.41 Å². The van der Waals surface area contributed by atoms with Gasteiger partial charge in [0.1, 0.15) is 5.69 Å². The van der Waals surface area contributed by atoms with Gasteiger partial charge in [-0.1, -0.05) is 26.8 Å². The largest absolute Gasteiger partial charge is 0.477 e. The Hall–Kier alpha value is -1.42. The smallest absolute Gasteiger partial charge is 0.354 e. The number of nitrogens with zero attached hydrogens (tertiary/aromatic N) is 1. The molecule has 1 aromatic heterocycles. The van der Waals surface area contributed by atoms with Gasteiger partial charge in [-0.3, -0.25) is 0 Å². The maximum atomic E-state index is 10.8. The first-order valence-electron chi connectivity index (χ1n) is 5.73. The highest BCUT2D eigenvalue weighted by Gasteiger charge is 2.19. The maximum absolute atomic E-state index is 10.8. The Bertz CT molecular complexity index is 397. The van der Waals surface area contributed by atoms with E-state index in [0.717, 1.165) is 5.69 Å². The monoisotopic (exact) mass is 236 g/mol. The summed E-state index contributed by atoms with van der Waals surface area (Å²) in [6.07, 6.45) is 0. The van der Waals surface area contributed by atoms with Gasteiger partial charge in [0.25, 0.3) is 0 Å². The van der Waals surface area contributed by atoms with Crippen LogP contribution in [0.3, 0.4) is 0 Å². The van der Waals surface area contributed by atoms with Crippen LogP contribution in [0.4, 0.5) is 0 Å². The number of aromatic carboxylic acids is 1. The lowest BCUT2D eigenvalue weighted by Gasteiger charge is -2.28. The van der Waals surface area contributed by atoms with Crippen LogP contribution in [0.5, 0.6) is 0 Å². The molecule has 0 saturated heterocycles. The minimum absolute atomic E-state index is 0.0905. The fourth-order valence-corrected chi connectivity index (χ4v) is 1.26. The van der Waals surface area contributed by atoms with Crippen molar-refractivity contribution in [3.05, 3.63) is 29.6 Å². The van der Waals surface area contributed by atoms with E-state index in [1.807, 2.05) is 6.07 Å². The van der Waals surface area contributed by atoms with Crippen molar-refractivity contribution < 1.29 is 9.90 Å². The first-order valence-corrected chi connectivity index (χ1v) is 5.73. The fraction of sp³-hybridized carbons (Fsp3) is 0.538. The minimum atomic E-state index is -0.990. The second kappa shape index (κ2) is 5.27. The molecule has 0 spiro atoms. The molecule has 1 rings (SSSR count). The third kappa shape index (κ3) is 4.15. The van der Waals surface area contributed by atoms with Gasteiger partial charge in [0.2, 0.25) is 0 Å². The van der Waals surface area contributed by atoms with E-state index < -0.39 is 5.97 Å². The van der Waals surface area contributed by atoms with Crippen LogP contribution in [0.15, 0.2) is 18.2 Å². The van der Waals surface area contributed by atoms with Gasteiger partial charge in [0.15, 0.2) is 0 Å². The van der Waals surface area contributed by atoms with Gasteiger partial charge < -0.3 is 10.4 Å². The maximum Gasteiger partial charge on any atom is 0.354 e. The Morgan fingerprint density at radius 2 is 2.12 bits per heavy atom. The summed E-state index contributed by atoms with van der Waals surface area (Å²) in [6.45, 7) is 9.17. The molecule has 0 saturated carbocycles. The summed E-state index contributed by atoms with van der Waals surface area (Å²) in [4.78, 5) is 14.8. The van der Waals surface area contributed by atoms with Gasteiger partial charge in [-0.15, -0.1) is 0 Å². The predicted molar refractivity (Wildman–Crippen MR) is 67.0 cm³/mol. The molecule has 1 atom stereocenters. The van der Waals surface area contributed by atoms with Crippen molar-refractivity contribution >= 4 is 5.97 Å². The van der Waals surface area contributed by atoms with Crippen LogP contribution < -0.4 is 5.32 Å². The molecular weight excluding hydrogens is 216 g/mol. The molecule has 4 heteroatoms. The summed E-state index contributed by atoms with van der Waals surface area (Å²) in [6, 6.07) is 5.38. The molecular formula is C13H20N2O2. The molecule has 1 aromatic rings. The fourth-order valence-electron chi connectivity index (χ4n) is 1.26. The molecule has 0 aliphatic heterocycles. The van der Waals surface area contributed by atoms with Gasteiger partial charge in [0.05, 0.1) is 5.69 Å². The summed E-state index contributed by atoms with van der Waals surface area (Å²) >= 11 is 0. The lowest BCUT2D eigenvalue weighted by atomic mass is 9.88. The lowest BCUT2D eigenvalue weighted by molar-refractivity contribution is 0.0690. The number of rotatable bonds is 4. The van der Waals surface area contributed by atoms with E-state index in [9.17, 15) is 4.79 Å². The van der Waals surface area contributed by atoms with E-state index in [4.69, 9.17) is 5.11 Å². The molecule has 0 bridgehead atoms. The van der Waals surface area contributed by atoms with E-state index in [1.54, 1.807) is 6.07 Å². The summed E-state index contributed by atoms with van der Waals surface area (Å²) in [7, 11) is 0. The second-order valence-corrected chi connectivity index (χ2v) is 5.29. The van der Waals surface area contributed by atoms with Crippen molar-refractivity contribution in [1.29, 1.82) is 0 Å². The third-order valence-corrected chi connectivity index (χ3v) is 2.91. The summed E-state index contributed by atoms with van der Waals surface area (Å²) in [5, 5.41) is 12.2. The second-order valence-electron chi connectivity index (χ2n) is 5.29. The molecule has 0 amide bonds. The van der Waals surface area contributed by atoms with E-state index in [0.29, 0.717) is 12.6 Å². The van der Waals surface area contributed by atoms with Gasteiger partial charge in [-0.05, 0) is 24.5 Å². The van der Waals surface area contributed by atoms with Crippen LogP contribution in [0.25, 0.3) is 0 Å². The van der Waals surface area contributed by atoms with E-state index in [2.05, 4.69) is 38.0 Å². The molecule has 17 heavy (non-hydrogen) atoms. The van der Waals surface area contributed by atoms with Crippen LogP contribution in [0.2, 0.25) is 0 Å². The molecule has 0 aliphatic carbocycles. The highest BCUT2D eigenvalue weighted by atomic mass is 16.4. The highest BCUT2D eigenvalue weighted by molar-refractivity contribution is 5.85. The molecule has 4 nitrogen and oxygen atoms in total. The molecule has 0 fully saturated rings. The topological polar surface area (TPSA) is 62.2 Å². The number of aromatic nitrogens is 1. The Morgan fingerprint density at radius 3 is 2.65 bits per heavy atom. The summed E-state index contributed by atoms with van der Waals surface area (Å²) in [5.41, 5.74) is 1.01. The number of carboxylic acid groups (broad SMARTS) is 1. The molecule has 1 unspecified atom stereocenters. The van der Waals surface area contributed by atoms with Crippen LogP contribution in [0.1, 0.15) is 43.9 Å². The van der Waals surface area contributed by atoms with Crippen molar-refractivity contribution in [3.63, 3.8) is 0 Å². The van der Waals surface area contributed by atoms with Crippen LogP contribution in [-0.2, 0) is 6.54 Å². The quantitative estimate of drug-likeness (QED) is 0.842. The Balaban J connectivity index is 2.64. The van der Waals surface area contributed by atoms with Crippen molar-refractivity contribution in [2.75, 3.05) is 0 Å². The Morgan fingerprint density at radius 1 is 1.47 bits per heavy atom. The molecule has 2 N–H and O–H groups in total. The first-order chi connectivity index (χ1) is 7.80. The average Bonchev–Trinajstić information content (AvgIpc) is 2.25. The number of hydrogen-bond donors (Lipinski definition) is 2. The SMILES string of the molecule is CC(NCc1cccc(C(=O)O)n1)C(C)(C)C. The van der Waals surface area contributed by atoms with Crippen LogP contribution in [0, 0.1) is 5.41 Å². The van der Waals surface area contributed by atoms with E-state index >= 15 is 0 Å². The molecule has 0 radical (unpaired) electrons. The zero-order valence-electron chi connectivity index (χ0n) is 10.8. The van der Waals surface area contributed by atoms with Gasteiger partial charge in [0, 0.05) is 12.6 Å². The Labute approximate surface area is 102 Å².